The largest absolute Gasteiger partial charge is 0.480 e. The summed E-state index contributed by atoms with van der Waals surface area (Å²) in [6.45, 7) is 2.68. The highest BCUT2D eigenvalue weighted by Gasteiger charge is 2.32. The molecule has 0 radical (unpaired) electrons. The number of aliphatic hydroxyl groups excluding tert-OH is 2. The van der Waals surface area contributed by atoms with E-state index in [9.17, 15) is 34.5 Å². The minimum Gasteiger partial charge on any atom is -0.480 e. The number of carbonyl (C=O) groups is 4. The quantitative estimate of drug-likeness (QED) is 0.0560. The van der Waals surface area contributed by atoms with E-state index >= 15 is 0 Å². The first kappa shape index (κ1) is 31.4. The van der Waals surface area contributed by atoms with Gasteiger partial charge < -0.3 is 48.5 Å². The molecule has 0 heterocycles. The standard InChI is InChI=1S/C19H37N7O7S/c1-9(27)13(20)17(31)25-12(6-8-34-3)15(29)24-11(5-4-7-23-19(21)22)16(30)26-14(10(2)28)18(32)33/h9-14,27-28H,4-8,20H2,1-3H3,(H,24,29)(H,25,31)(H,26,30)(H,32,33)(H4,21,22,23). The number of aliphatic imine (C=N–C) groups is 1. The molecule has 0 spiro atoms. The second kappa shape index (κ2) is 16.1. The number of amides is 3. The number of rotatable bonds is 16. The number of thioether (sulfide) groups is 1. The van der Waals surface area contributed by atoms with Crippen molar-refractivity contribution in [1.29, 1.82) is 0 Å². The molecule has 14 nitrogen and oxygen atoms in total. The molecule has 0 aromatic heterocycles. The van der Waals surface area contributed by atoms with E-state index in [1.54, 1.807) is 6.26 Å². The molecule has 15 heteroatoms. The fraction of sp³-hybridized carbons (Fsp3) is 0.737. The molecular weight excluding hydrogens is 470 g/mol. The maximum absolute atomic E-state index is 12.9. The lowest BCUT2D eigenvalue weighted by atomic mass is 10.1. The molecule has 196 valence electrons. The lowest BCUT2D eigenvalue weighted by Gasteiger charge is -2.26. The second-order valence-electron chi connectivity index (χ2n) is 7.68. The molecule has 0 aliphatic rings. The molecule has 0 aromatic carbocycles. The monoisotopic (exact) mass is 507 g/mol. The highest BCUT2D eigenvalue weighted by Crippen LogP contribution is 2.06. The van der Waals surface area contributed by atoms with Crippen LogP contribution in [0.1, 0.15) is 33.1 Å². The van der Waals surface area contributed by atoms with Crippen molar-refractivity contribution in [1.82, 2.24) is 16.0 Å². The molecule has 6 atom stereocenters. The number of nitrogens with one attached hydrogen (secondary N) is 3. The summed E-state index contributed by atoms with van der Waals surface area (Å²) in [4.78, 5) is 53.1. The van der Waals surface area contributed by atoms with Gasteiger partial charge in [0.25, 0.3) is 0 Å². The van der Waals surface area contributed by atoms with Gasteiger partial charge >= 0.3 is 5.97 Å². The van der Waals surface area contributed by atoms with Crippen LogP contribution < -0.4 is 33.2 Å². The third-order valence-corrected chi connectivity index (χ3v) is 5.33. The first-order valence-corrected chi connectivity index (χ1v) is 12.0. The van der Waals surface area contributed by atoms with Crippen LogP contribution in [0.3, 0.4) is 0 Å². The summed E-state index contributed by atoms with van der Waals surface area (Å²) in [5, 5.41) is 35.6. The third kappa shape index (κ3) is 12.0. The van der Waals surface area contributed by atoms with Crippen LogP contribution in [-0.2, 0) is 19.2 Å². The molecule has 0 fully saturated rings. The van der Waals surface area contributed by atoms with Crippen LogP contribution in [0.5, 0.6) is 0 Å². The summed E-state index contributed by atoms with van der Waals surface area (Å²) in [6.07, 6.45) is -0.227. The first-order chi connectivity index (χ1) is 15.8. The lowest BCUT2D eigenvalue weighted by Crippen LogP contribution is -2.59. The molecular formula is C19H37N7O7S. The number of nitrogens with two attached hydrogens (primary N) is 3. The summed E-state index contributed by atoms with van der Waals surface area (Å²) < 4.78 is 0. The first-order valence-electron chi connectivity index (χ1n) is 10.6. The predicted molar refractivity (Wildman–Crippen MR) is 128 cm³/mol. The van der Waals surface area contributed by atoms with E-state index in [0.29, 0.717) is 5.75 Å². The molecule has 0 bridgehead atoms. The highest BCUT2D eigenvalue weighted by atomic mass is 32.2. The normalized spacial score (nSPS) is 16.2. The Bertz CT molecular complexity index is 717. The third-order valence-electron chi connectivity index (χ3n) is 4.69. The molecule has 0 aliphatic heterocycles. The number of hydrogen-bond donors (Lipinski definition) is 9. The molecule has 12 N–H and O–H groups in total. The van der Waals surface area contributed by atoms with E-state index in [1.807, 2.05) is 0 Å². The Kier molecular flexibility index (Phi) is 14.8. The highest BCUT2D eigenvalue weighted by molar-refractivity contribution is 7.98. The molecule has 3 amide bonds. The Morgan fingerprint density at radius 3 is 1.91 bits per heavy atom. The Labute approximate surface area is 202 Å². The molecule has 0 saturated heterocycles. The predicted octanol–water partition coefficient (Wildman–Crippen LogP) is -3.58. The van der Waals surface area contributed by atoms with Gasteiger partial charge in [-0.1, -0.05) is 0 Å². The van der Waals surface area contributed by atoms with Crippen molar-refractivity contribution in [3.63, 3.8) is 0 Å². The summed E-state index contributed by atoms with van der Waals surface area (Å²) >= 11 is 1.43. The molecule has 0 aromatic rings. The Morgan fingerprint density at radius 1 is 0.912 bits per heavy atom. The van der Waals surface area contributed by atoms with Crippen LogP contribution >= 0.6 is 11.8 Å². The topological polar surface area (TPSA) is 255 Å². The van der Waals surface area contributed by atoms with Gasteiger partial charge in [0.2, 0.25) is 17.7 Å². The molecule has 34 heavy (non-hydrogen) atoms. The maximum Gasteiger partial charge on any atom is 0.328 e. The van der Waals surface area contributed by atoms with Gasteiger partial charge in [-0.3, -0.25) is 19.4 Å². The maximum atomic E-state index is 12.9. The van der Waals surface area contributed by atoms with Crippen LogP contribution in [0.2, 0.25) is 0 Å². The van der Waals surface area contributed by atoms with Crippen LogP contribution in [0.4, 0.5) is 0 Å². The summed E-state index contributed by atoms with van der Waals surface area (Å²) in [7, 11) is 0. The Morgan fingerprint density at radius 2 is 1.44 bits per heavy atom. The van der Waals surface area contributed by atoms with Crippen molar-refractivity contribution >= 4 is 41.4 Å². The van der Waals surface area contributed by atoms with Gasteiger partial charge in [0.05, 0.1) is 12.2 Å². The fourth-order valence-electron chi connectivity index (χ4n) is 2.68. The average Bonchev–Trinajstić information content (AvgIpc) is 2.74. The minimum atomic E-state index is -1.60. The SMILES string of the molecule is CSCCC(NC(=O)C(N)C(C)O)C(=O)NC(CCCN=C(N)N)C(=O)NC(C(=O)O)C(C)O. The zero-order chi connectivity index (χ0) is 26.4. The number of carboxylic acid groups (broad SMARTS) is 1. The van der Waals surface area contributed by atoms with Crippen molar-refractivity contribution in [2.45, 2.75) is 69.5 Å². The molecule has 6 unspecified atom stereocenters. The van der Waals surface area contributed by atoms with Gasteiger partial charge in [0.15, 0.2) is 12.0 Å². The number of nitrogens with zero attached hydrogens (tertiary/aromatic N) is 1. The van der Waals surface area contributed by atoms with Crippen molar-refractivity contribution in [2.24, 2.45) is 22.2 Å². The van der Waals surface area contributed by atoms with Gasteiger partial charge in [-0.2, -0.15) is 11.8 Å². The molecule has 0 aliphatic carbocycles. The van der Waals surface area contributed by atoms with Crippen molar-refractivity contribution in [3.8, 4) is 0 Å². The number of hydrogen-bond acceptors (Lipinski definition) is 9. The molecule has 0 saturated carbocycles. The Balaban J connectivity index is 5.58. The van der Waals surface area contributed by atoms with E-state index in [0.717, 1.165) is 0 Å². The van der Waals surface area contributed by atoms with Gasteiger partial charge in [0.1, 0.15) is 18.1 Å². The zero-order valence-electron chi connectivity index (χ0n) is 19.6. The van der Waals surface area contributed by atoms with E-state index in [1.165, 1.54) is 25.6 Å². The van der Waals surface area contributed by atoms with E-state index in [2.05, 4.69) is 20.9 Å². The zero-order valence-corrected chi connectivity index (χ0v) is 20.4. The van der Waals surface area contributed by atoms with Crippen molar-refractivity contribution in [3.05, 3.63) is 0 Å². The number of carbonyl (C=O) groups excluding carboxylic acids is 3. The van der Waals surface area contributed by atoms with Crippen molar-refractivity contribution in [2.75, 3.05) is 18.6 Å². The van der Waals surface area contributed by atoms with Crippen LogP contribution in [-0.4, -0.2) is 99.9 Å². The number of aliphatic hydroxyl groups is 2. The van der Waals surface area contributed by atoms with Gasteiger partial charge in [0, 0.05) is 6.54 Å². The van der Waals surface area contributed by atoms with Crippen LogP contribution in [0, 0.1) is 0 Å². The number of aliphatic carboxylic acids is 1. The second-order valence-corrected chi connectivity index (χ2v) is 8.67. The van der Waals surface area contributed by atoms with Crippen LogP contribution in [0.25, 0.3) is 0 Å². The minimum absolute atomic E-state index is 0.0386. The summed E-state index contributed by atoms with van der Waals surface area (Å²) in [5.74, 6) is -3.41. The van der Waals surface area contributed by atoms with E-state index in [4.69, 9.17) is 17.2 Å². The van der Waals surface area contributed by atoms with Gasteiger partial charge in [-0.15, -0.1) is 0 Å². The Hall–Kier alpha value is -2.62. The van der Waals surface area contributed by atoms with E-state index < -0.39 is 60.1 Å². The number of guanidine groups is 1. The smallest absolute Gasteiger partial charge is 0.328 e. The van der Waals surface area contributed by atoms with Gasteiger partial charge in [-0.05, 0) is 45.1 Å². The number of carboxylic acids is 1. The van der Waals surface area contributed by atoms with Crippen LogP contribution in [0.15, 0.2) is 4.99 Å². The fourth-order valence-corrected chi connectivity index (χ4v) is 3.15. The lowest BCUT2D eigenvalue weighted by molar-refractivity contribution is -0.145. The average molecular weight is 508 g/mol. The van der Waals surface area contributed by atoms with Gasteiger partial charge in [-0.25, -0.2) is 4.79 Å². The molecule has 0 rings (SSSR count). The summed E-state index contributed by atoms with van der Waals surface area (Å²) in [6, 6.07) is -5.13. The van der Waals surface area contributed by atoms with E-state index in [-0.39, 0.29) is 31.8 Å². The summed E-state index contributed by atoms with van der Waals surface area (Å²) in [5.41, 5.74) is 16.2. The van der Waals surface area contributed by atoms with Crippen molar-refractivity contribution < 1.29 is 34.5 Å².